The fraction of sp³-hybridized carbons (Fsp3) is 0.250. The molecule has 122 valence electrons. The van der Waals surface area contributed by atoms with Crippen LogP contribution in [0.3, 0.4) is 0 Å². The highest BCUT2D eigenvalue weighted by molar-refractivity contribution is 5.61. The summed E-state index contributed by atoms with van der Waals surface area (Å²) >= 11 is 0. The normalized spacial score (nSPS) is 13.7. The molecule has 0 spiro atoms. The maximum absolute atomic E-state index is 13.0. The summed E-state index contributed by atoms with van der Waals surface area (Å²) in [5.41, 5.74) is 6.30. The fourth-order valence-electron chi connectivity index (χ4n) is 3.28. The quantitative estimate of drug-likeness (QED) is 0.796. The van der Waals surface area contributed by atoms with Crippen LogP contribution in [0.5, 0.6) is 0 Å². The molecule has 0 saturated heterocycles. The fourth-order valence-corrected chi connectivity index (χ4v) is 3.28. The molecule has 2 heterocycles. The third kappa shape index (κ3) is 3.10. The molecule has 24 heavy (non-hydrogen) atoms. The number of hydrogen-bond donors (Lipinski definition) is 1. The molecule has 4 rings (SSSR count). The third-order valence-corrected chi connectivity index (χ3v) is 4.66. The minimum absolute atomic E-state index is 0.189. The predicted octanol–water partition coefficient (Wildman–Crippen LogP) is 3.58. The second-order valence-electron chi connectivity index (χ2n) is 6.26. The first kappa shape index (κ1) is 15.1. The molecular weight excluding hydrogens is 301 g/mol. The summed E-state index contributed by atoms with van der Waals surface area (Å²) in [4.78, 5) is 4.33. The monoisotopic (exact) mass is 321 g/mol. The number of aromatic nitrogens is 2. The largest absolute Gasteiger partial charge is 0.330 e. The highest BCUT2D eigenvalue weighted by Crippen LogP contribution is 2.24. The summed E-state index contributed by atoms with van der Waals surface area (Å²) in [7, 11) is 0. The lowest BCUT2D eigenvalue weighted by atomic mass is 9.97. The lowest BCUT2D eigenvalue weighted by molar-refractivity contribution is 0.625. The van der Waals surface area contributed by atoms with E-state index in [1.165, 1.54) is 28.8 Å². The number of nitrogens with zero attached hydrogens (tertiary/aromatic N) is 2. The van der Waals surface area contributed by atoms with Crippen molar-refractivity contribution in [2.45, 2.75) is 25.9 Å². The van der Waals surface area contributed by atoms with Gasteiger partial charge in [-0.2, -0.15) is 0 Å². The maximum Gasteiger partial charge on any atom is 0.123 e. The number of imidazole rings is 1. The summed E-state index contributed by atoms with van der Waals surface area (Å²) in [5.74, 6) is -0.189. The molecule has 1 aliphatic rings. The average molecular weight is 321 g/mol. The van der Waals surface area contributed by atoms with E-state index in [0.717, 1.165) is 43.7 Å². The Balaban J connectivity index is 1.55. The first-order valence-corrected chi connectivity index (χ1v) is 8.37. The van der Waals surface area contributed by atoms with E-state index in [1.54, 1.807) is 0 Å². The van der Waals surface area contributed by atoms with Crippen LogP contribution in [-0.4, -0.2) is 16.1 Å². The summed E-state index contributed by atoms with van der Waals surface area (Å²) in [5, 5.41) is 3.40. The van der Waals surface area contributed by atoms with E-state index in [-0.39, 0.29) is 5.82 Å². The minimum atomic E-state index is -0.189. The molecule has 2 aromatic carbocycles. The number of hydrogen-bond acceptors (Lipinski definition) is 2. The molecule has 0 fully saturated rings. The van der Waals surface area contributed by atoms with Crippen LogP contribution in [0.25, 0.3) is 11.3 Å². The Morgan fingerprint density at radius 3 is 2.83 bits per heavy atom. The van der Waals surface area contributed by atoms with E-state index >= 15 is 0 Å². The molecule has 1 N–H and O–H groups in total. The van der Waals surface area contributed by atoms with Crippen molar-refractivity contribution in [1.29, 1.82) is 0 Å². The van der Waals surface area contributed by atoms with E-state index < -0.39 is 0 Å². The van der Waals surface area contributed by atoms with Crippen molar-refractivity contribution in [3.63, 3.8) is 0 Å². The van der Waals surface area contributed by atoms with Gasteiger partial charge in [-0.05, 0) is 54.3 Å². The van der Waals surface area contributed by atoms with E-state index in [9.17, 15) is 4.39 Å². The van der Waals surface area contributed by atoms with Crippen molar-refractivity contribution in [3.8, 4) is 11.3 Å². The Kier molecular flexibility index (Phi) is 4.13. The molecule has 0 saturated carbocycles. The molecule has 0 radical (unpaired) electrons. The van der Waals surface area contributed by atoms with Crippen molar-refractivity contribution in [1.82, 2.24) is 14.9 Å². The van der Waals surface area contributed by atoms with Gasteiger partial charge in [-0.1, -0.05) is 24.3 Å². The molecular formula is C20H20FN3. The van der Waals surface area contributed by atoms with Crippen LogP contribution in [-0.2, 0) is 25.9 Å². The number of rotatable bonds is 4. The summed E-state index contributed by atoms with van der Waals surface area (Å²) in [6.45, 7) is 2.83. The van der Waals surface area contributed by atoms with Gasteiger partial charge in [0, 0.05) is 18.7 Å². The number of aryl methyl sites for hydroxylation is 2. The Bertz CT molecular complexity index is 836. The van der Waals surface area contributed by atoms with Gasteiger partial charge in [0.2, 0.25) is 0 Å². The molecule has 0 unspecified atom stereocenters. The van der Waals surface area contributed by atoms with Crippen LogP contribution < -0.4 is 5.32 Å². The van der Waals surface area contributed by atoms with Crippen LogP contribution in [0, 0.1) is 5.82 Å². The number of halogens is 1. The first-order chi connectivity index (χ1) is 11.8. The summed E-state index contributed by atoms with van der Waals surface area (Å²) < 4.78 is 15.2. The number of fused-ring (bicyclic) bond motifs is 1. The zero-order valence-corrected chi connectivity index (χ0v) is 13.5. The van der Waals surface area contributed by atoms with Gasteiger partial charge in [0.1, 0.15) is 5.82 Å². The Hall–Kier alpha value is -2.46. The maximum atomic E-state index is 13.0. The van der Waals surface area contributed by atoms with Crippen molar-refractivity contribution in [2.24, 2.45) is 0 Å². The standard InChI is InChI=1S/C20H20FN3/c21-19-5-1-15(2-6-19)8-10-24-14-23-13-20(24)17-3-4-18-12-22-9-7-16(18)11-17/h1-6,11,13-14,22H,7-10,12H2. The second kappa shape index (κ2) is 6.57. The molecule has 0 amide bonds. The van der Waals surface area contributed by atoms with E-state index in [0.29, 0.717) is 0 Å². The second-order valence-corrected chi connectivity index (χ2v) is 6.26. The highest BCUT2D eigenvalue weighted by atomic mass is 19.1. The molecule has 0 aliphatic carbocycles. The zero-order chi connectivity index (χ0) is 16.4. The Morgan fingerprint density at radius 2 is 1.96 bits per heavy atom. The molecule has 0 bridgehead atoms. The van der Waals surface area contributed by atoms with Crippen LogP contribution in [0.1, 0.15) is 16.7 Å². The SMILES string of the molecule is Fc1ccc(CCn2cncc2-c2ccc3c(c2)CCNC3)cc1. The topological polar surface area (TPSA) is 29.9 Å². The minimum Gasteiger partial charge on any atom is -0.330 e. The lowest BCUT2D eigenvalue weighted by Gasteiger charge is -2.18. The van der Waals surface area contributed by atoms with Gasteiger partial charge < -0.3 is 9.88 Å². The van der Waals surface area contributed by atoms with Crippen molar-refractivity contribution >= 4 is 0 Å². The van der Waals surface area contributed by atoms with Crippen LogP contribution in [0.2, 0.25) is 0 Å². The predicted molar refractivity (Wildman–Crippen MR) is 93.2 cm³/mol. The van der Waals surface area contributed by atoms with E-state index in [4.69, 9.17) is 0 Å². The number of benzene rings is 2. The highest BCUT2D eigenvalue weighted by Gasteiger charge is 2.12. The van der Waals surface area contributed by atoms with Crippen molar-refractivity contribution < 1.29 is 4.39 Å². The third-order valence-electron chi connectivity index (χ3n) is 4.66. The zero-order valence-electron chi connectivity index (χ0n) is 13.5. The number of nitrogens with one attached hydrogen (secondary N) is 1. The van der Waals surface area contributed by atoms with Gasteiger partial charge >= 0.3 is 0 Å². The van der Waals surface area contributed by atoms with Gasteiger partial charge in [-0.25, -0.2) is 9.37 Å². The van der Waals surface area contributed by atoms with E-state index in [2.05, 4.69) is 33.1 Å². The molecule has 3 nitrogen and oxygen atoms in total. The van der Waals surface area contributed by atoms with Crippen molar-refractivity contribution in [2.75, 3.05) is 6.54 Å². The van der Waals surface area contributed by atoms with Crippen molar-refractivity contribution in [3.05, 3.63) is 77.5 Å². The molecule has 1 aromatic heterocycles. The van der Waals surface area contributed by atoms with Gasteiger partial charge in [-0.3, -0.25) is 0 Å². The molecule has 4 heteroatoms. The van der Waals surface area contributed by atoms with Gasteiger partial charge in [-0.15, -0.1) is 0 Å². The smallest absolute Gasteiger partial charge is 0.123 e. The Morgan fingerprint density at radius 1 is 1.08 bits per heavy atom. The van der Waals surface area contributed by atoms with Crippen LogP contribution in [0.15, 0.2) is 55.0 Å². The van der Waals surface area contributed by atoms with Crippen LogP contribution >= 0.6 is 0 Å². The van der Waals surface area contributed by atoms with Gasteiger partial charge in [0.15, 0.2) is 0 Å². The average Bonchev–Trinajstić information content (AvgIpc) is 3.09. The molecule has 1 aliphatic heterocycles. The van der Waals surface area contributed by atoms with Gasteiger partial charge in [0.25, 0.3) is 0 Å². The molecule has 0 atom stereocenters. The summed E-state index contributed by atoms with van der Waals surface area (Å²) in [6.07, 6.45) is 5.73. The van der Waals surface area contributed by atoms with E-state index in [1.807, 2.05) is 24.7 Å². The van der Waals surface area contributed by atoms with Crippen LogP contribution in [0.4, 0.5) is 4.39 Å². The molecule has 3 aromatic rings. The first-order valence-electron chi connectivity index (χ1n) is 8.37. The summed E-state index contributed by atoms with van der Waals surface area (Å²) in [6, 6.07) is 13.4. The Labute approximate surface area is 141 Å². The lowest BCUT2D eigenvalue weighted by Crippen LogP contribution is -2.23. The van der Waals surface area contributed by atoms with Gasteiger partial charge in [0.05, 0.1) is 18.2 Å².